The zero-order valence-corrected chi connectivity index (χ0v) is 19.9. The van der Waals surface area contributed by atoms with Crippen molar-refractivity contribution in [3.63, 3.8) is 0 Å². The van der Waals surface area contributed by atoms with E-state index in [0.717, 1.165) is 45.2 Å². The number of fused-ring (bicyclic) bond motifs is 1. The highest BCUT2D eigenvalue weighted by Crippen LogP contribution is 2.20. The van der Waals surface area contributed by atoms with Gasteiger partial charge in [-0.3, -0.25) is 4.90 Å². The molecule has 0 radical (unpaired) electrons. The maximum Gasteiger partial charge on any atom is 0.223 e. The van der Waals surface area contributed by atoms with Crippen LogP contribution < -0.4 is 5.32 Å². The number of hydrogen-bond donors (Lipinski definition) is 1. The van der Waals surface area contributed by atoms with Crippen LogP contribution in [0.2, 0.25) is 0 Å². The van der Waals surface area contributed by atoms with E-state index in [9.17, 15) is 0 Å². The van der Waals surface area contributed by atoms with Crippen molar-refractivity contribution >= 4 is 40.7 Å². The quantitative estimate of drug-likeness (QED) is 0.316. The summed E-state index contributed by atoms with van der Waals surface area (Å²) in [6.45, 7) is 10.0. The Labute approximate surface area is 194 Å². The van der Waals surface area contributed by atoms with Gasteiger partial charge in [-0.15, -0.1) is 24.0 Å². The number of halogens is 1. The Hall–Kier alpha value is -2.20. The van der Waals surface area contributed by atoms with Crippen molar-refractivity contribution < 1.29 is 4.52 Å². The molecule has 1 aliphatic heterocycles. The minimum Gasteiger partial charge on any atom is -0.357 e. The molecule has 4 rings (SSSR count). The molecule has 0 atom stereocenters. The standard InChI is InChI=1S/C22H28N6O.HI/c1-3-23-22(24-15-21-25-17(2)29-26-21)28-13-11-27(12-14-28)16-19-9-6-8-18-7-4-5-10-20(18)19;/h4-10H,3,11-16H2,1-2H3,(H,23,24);1H. The molecule has 1 fully saturated rings. The summed E-state index contributed by atoms with van der Waals surface area (Å²) in [6.07, 6.45) is 0. The van der Waals surface area contributed by atoms with Gasteiger partial charge in [-0.25, -0.2) is 4.99 Å². The van der Waals surface area contributed by atoms with Crippen molar-refractivity contribution in [2.45, 2.75) is 26.9 Å². The monoisotopic (exact) mass is 520 g/mol. The molecule has 0 spiro atoms. The summed E-state index contributed by atoms with van der Waals surface area (Å²) in [7, 11) is 0. The minimum atomic E-state index is 0. The van der Waals surface area contributed by atoms with Gasteiger partial charge in [-0.1, -0.05) is 47.6 Å². The number of nitrogens with one attached hydrogen (secondary N) is 1. The lowest BCUT2D eigenvalue weighted by atomic mass is 10.0. The Morgan fingerprint density at radius 2 is 1.87 bits per heavy atom. The highest BCUT2D eigenvalue weighted by atomic mass is 127. The van der Waals surface area contributed by atoms with Crippen molar-refractivity contribution in [1.82, 2.24) is 25.3 Å². The maximum atomic E-state index is 5.03. The number of rotatable bonds is 5. The smallest absolute Gasteiger partial charge is 0.223 e. The van der Waals surface area contributed by atoms with Crippen LogP contribution in [0.4, 0.5) is 0 Å². The molecule has 0 amide bonds. The molecule has 1 N–H and O–H groups in total. The lowest BCUT2D eigenvalue weighted by Crippen LogP contribution is -2.52. The number of piperazine rings is 1. The number of aromatic nitrogens is 2. The number of aliphatic imine (C=N–C) groups is 1. The number of guanidine groups is 1. The second kappa shape index (κ2) is 10.7. The lowest BCUT2D eigenvalue weighted by Gasteiger charge is -2.36. The van der Waals surface area contributed by atoms with Crippen LogP contribution in [0.25, 0.3) is 10.8 Å². The first-order chi connectivity index (χ1) is 14.2. The van der Waals surface area contributed by atoms with Crippen molar-refractivity contribution in [2.75, 3.05) is 32.7 Å². The molecular weight excluding hydrogens is 491 g/mol. The Morgan fingerprint density at radius 1 is 1.10 bits per heavy atom. The Kier molecular flexibility index (Phi) is 8.03. The summed E-state index contributed by atoms with van der Waals surface area (Å²) in [4.78, 5) is 13.8. The van der Waals surface area contributed by atoms with Crippen LogP contribution in [0.5, 0.6) is 0 Å². The zero-order chi connectivity index (χ0) is 20.1. The van der Waals surface area contributed by atoms with Gasteiger partial charge in [0.25, 0.3) is 0 Å². The highest BCUT2D eigenvalue weighted by molar-refractivity contribution is 14.0. The topological polar surface area (TPSA) is 69.8 Å². The van der Waals surface area contributed by atoms with E-state index in [4.69, 9.17) is 9.52 Å². The van der Waals surface area contributed by atoms with Crippen LogP contribution in [-0.4, -0.2) is 58.6 Å². The van der Waals surface area contributed by atoms with Gasteiger partial charge >= 0.3 is 0 Å². The Bertz CT molecular complexity index is 975. The second-order valence-corrected chi connectivity index (χ2v) is 7.30. The van der Waals surface area contributed by atoms with Crippen LogP contribution in [0, 0.1) is 6.92 Å². The molecular formula is C22H29IN6O. The molecule has 2 aromatic carbocycles. The van der Waals surface area contributed by atoms with Crippen molar-refractivity contribution in [3.05, 3.63) is 59.7 Å². The summed E-state index contributed by atoms with van der Waals surface area (Å²) < 4.78 is 5.03. The van der Waals surface area contributed by atoms with Crippen LogP contribution in [0.3, 0.4) is 0 Å². The van der Waals surface area contributed by atoms with Crippen LogP contribution in [0.15, 0.2) is 52.0 Å². The van der Waals surface area contributed by atoms with Gasteiger partial charge < -0.3 is 14.7 Å². The van der Waals surface area contributed by atoms with Crippen molar-refractivity contribution in [2.24, 2.45) is 4.99 Å². The average molecular weight is 520 g/mol. The molecule has 0 bridgehead atoms. The van der Waals surface area contributed by atoms with E-state index in [0.29, 0.717) is 18.3 Å². The normalized spacial score (nSPS) is 15.3. The SMILES string of the molecule is CCNC(=NCc1noc(C)n1)N1CCN(Cc2cccc3ccccc23)CC1.I. The summed E-state index contributed by atoms with van der Waals surface area (Å²) in [5.41, 5.74) is 1.39. The number of nitrogens with zero attached hydrogens (tertiary/aromatic N) is 5. The Morgan fingerprint density at radius 3 is 2.60 bits per heavy atom. The van der Waals surface area contributed by atoms with E-state index < -0.39 is 0 Å². The zero-order valence-electron chi connectivity index (χ0n) is 17.5. The van der Waals surface area contributed by atoms with E-state index in [1.807, 2.05) is 0 Å². The van der Waals surface area contributed by atoms with Gasteiger partial charge in [0, 0.05) is 46.2 Å². The predicted molar refractivity (Wildman–Crippen MR) is 130 cm³/mol. The third-order valence-electron chi connectivity index (χ3n) is 5.22. The predicted octanol–water partition coefficient (Wildman–Crippen LogP) is 3.43. The number of benzene rings is 2. The maximum absolute atomic E-state index is 5.03. The molecule has 3 aromatic rings. The summed E-state index contributed by atoms with van der Waals surface area (Å²) in [5.74, 6) is 2.11. The second-order valence-electron chi connectivity index (χ2n) is 7.30. The van der Waals surface area contributed by atoms with Crippen LogP contribution in [0.1, 0.15) is 24.2 Å². The van der Waals surface area contributed by atoms with E-state index >= 15 is 0 Å². The van der Waals surface area contributed by atoms with Gasteiger partial charge in [0.2, 0.25) is 5.89 Å². The Balaban J connectivity index is 0.00000256. The van der Waals surface area contributed by atoms with E-state index in [1.54, 1.807) is 6.92 Å². The fraction of sp³-hybridized carbons (Fsp3) is 0.409. The minimum absolute atomic E-state index is 0. The van der Waals surface area contributed by atoms with Gasteiger partial charge in [-0.05, 0) is 23.3 Å². The first-order valence-electron chi connectivity index (χ1n) is 10.2. The molecule has 7 nitrogen and oxygen atoms in total. The van der Waals surface area contributed by atoms with Crippen LogP contribution >= 0.6 is 24.0 Å². The fourth-order valence-electron chi connectivity index (χ4n) is 3.77. The molecule has 8 heteroatoms. The van der Waals surface area contributed by atoms with Gasteiger partial charge in [0.05, 0.1) is 0 Å². The summed E-state index contributed by atoms with van der Waals surface area (Å²) in [6, 6.07) is 15.2. The van der Waals surface area contributed by atoms with Crippen molar-refractivity contribution in [1.29, 1.82) is 0 Å². The lowest BCUT2D eigenvalue weighted by molar-refractivity contribution is 0.173. The number of hydrogen-bond acceptors (Lipinski definition) is 5. The first-order valence-corrected chi connectivity index (χ1v) is 10.2. The summed E-state index contributed by atoms with van der Waals surface area (Å²) >= 11 is 0. The third-order valence-corrected chi connectivity index (χ3v) is 5.22. The number of aryl methyl sites for hydroxylation is 1. The molecule has 1 aliphatic rings. The van der Waals surface area contributed by atoms with Gasteiger partial charge in [-0.2, -0.15) is 4.98 Å². The molecule has 2 heterocycles. The van der Waals surface area contributed by atoms with Crippen LogP contribution in [-0.2, 0) is 13.1 Å². The molecule has 0 unspecified atom stereocenters. The molecule has 0 saturated carbocycles. The molecule has 1 aromatic heterocycles. The van der Waals surface area contributed by atoms with Crippen molar-refractivity contribution in [3.8, 4) is 0 Å². The summed E-state index contributed by atoms with van der Waals surface area (Å²) in [5, 5.41) is 9.98. The van der Waals surface area contributed by atoms with E-state index in [-0.39, 0.29) is 24.0 Å². The van der Waals surface area contributed by atoms with E-state index in [2.05, 4.69) is 74.6 Å². The van der Waals surface area contributed by atoms with Gasteiger partial charge in [0.1, 0.15) is 6.54 Å². The highest BCUT2D eigenvalue weighted by Gasteiger charge is 2.20. The molecule has 0 aliphatic carbocycles. The fourth-order valence-corrected chi connectivity index (χ4v) is 3.77. The third kappa shape index (κ3) is 5.48. The van der Waals surface area contributed by atoms with E-state index in [1.165, 1.54) is 16.3 Å². The molecule has 160 valence electrons. The first kappa shape index (κ1) is 22.5. The largest absolute Gasteiger partial charge is 0.357 e. The van der Waals surface area contributed by atoms with Gasteiger partial charge in [0.15, 0.2) is 11.8 Å². The molecule has 30 heavy (non-hydrogen) atoms. The average Bonchev–Trinajstić information content (AvgIpc) is 3.17. The molecule has 1 saturated heterocycles.